The van der Waals surface area contributed by atoms with Gasteiger partial charge in [-0.3, -0.25) is 4.79 Å². The van der Waals surface area contributed by atoms with Crippen LogP contribution in [0.15, 0.2) is 52.9 Å². The molecule has 0 saturated heterocycles. The second-order valence-corrected chi connectivity index (χ2v) is 6.86. The first-order valence-corrected chi connectivity index (χ1v) is 8.17. The first-order valence-electron chi connectivity index (χ1n) is 5.99. The average molecular weight is 320 g/mol. The lowest BCUT2D eigenvalue weighted by atomic mass is 10.1. The molecule has 0 N–H and O–H groups in total. The Bertz CT molecular complexity index is 736. The summed E-state index contributed by atoms with van der Waals surface area (Å²) in [6, 6.07) is 15.0. The second kappa shape index (κ2) is 5.95. The molecular formula is C15H10ClNOS2. The predicted octanol–water partition coefficient (Wildman–Crippen LogP) is 4.92. The highest BCUT2D eigenvalue weighted by atomic mass is 35.5. The zero-order chi connectivity index (χ0) is 13.9. The third-order valence-electron chi connectivity index (χ3n) is 2.75. The van der Waals surface area contributed by atoms with Crippen LogP contribution in [-0.2, 0) is 0 Å². The highest BCUT2D eigenvalue weighted by Gasteiger charge is 2.09. The molecule has 20 heavy (non-hydrogen) atoms. The molecule has 1 heterocycles. The minimum absolute atomic E-state index is 0.0664. The molecule has 2 nitrogen and oxygen atoms in total. The topological polar surface area (TPSA) is 30.0 Å². The van der Waals surface area contributed by atoms with Gasteiger partial charge in [0.15, 0.2) is 10.1 Å². The second-order valence-electron chi connectivity index (χ2n) is 4.17. The maximum atomic E-state index is 12.1. The average Bonchev–Trinajstić information content (AvgIpc) is 2.87. The number of ketones is 1. The van der Waals surface area contributed by atoms with Crippen LogP contribution < -0.4 is 0 Å². The number of aromatic nitrogens is 1. The van der Waals surface area contributed by atoms with Gasteiger partial charge in [-0.15, -0.1) is 11.3 Å². The molecule has 0 fully saturated rings. The van der Waals surface area contributed by atoms with E-state index in [0.29, 0.717) is 16.3 Å². The molecule has 0 bridgehead atoms. The number of benzene rings is 2. The van der Waals surface area contributed by atoms with Crippen LogP contribution in [0.5, 0.6) is 0 Å². The molecule has 0 spiro atoms. The lowest BCUT2D eigenvalue weighted by Crippen LogP contribution is -2.01. The van der Waals surface area contributed by atoms with E-state index in [4.69, 9.17) is 11.6 Å². The molecule has 2 aromatic carbocycles. The van der Waals surface area contributed by atoms with Gasteiger partial charge in [0, 0.05) is 10.6 Å². The Morgan fingerprint density at radius 1 is 1.20 bits per heavy atom. The van der Waals surface area contributed by atoms with Crippen molar-refractivity contribution in [3.05, 3.63) is 59.1 Å². The Kier molecular flexibility index (Phi) is 4.05. The number of halogens is 1. The normalized spacial score (nSPS) is 10.8. The largest absolute Gasteiger partial charge is 0.293 e. The first-order chi connectivity index (χ1) is 9.72. The summed E-state index contributed by atoms with van der Waals surface area (Å²) in [5.74, 6) is 0.442. The molecule has 0 aliphatic rings. The van der Waals surface area contributed by atoms with Crippen LogP contribution in [0.3, 0.4) is 0 Å². The summed E-state index contributed by atoms with van der Waals surface area (Å²) < 4.78 is 2.06. The molecule has 0 amide bonds. The van der Waals surface area contributed by atoms with Crippen LogP contribution in [0.1, 0.15) is 10.4 Å². The number of thioether (sulfide) groups is 1. The van der Waals surface area contributed by atoms with Gasteiger partial charge in [0.05, 0.1) is 16.0 Å². The first kappa shape index (κ1) is 13.6. The van der Waals surface area contributed by atoms with Gasteiger partial charge < -0.3 is 0 Å². The molecule has 0 saturated carbocycles. The van der Waals surface area contributed by atoms with Crippen molar-refractivity contribution in [1.82, 2.24) is 4.98 Å². The molecule has 100 valence electrons. The summed E-state index contributed by atoms with van der Waals surface area (Å²) in [7, 11) is 0. The van der Waals surface area contributed by atoms with Gasteiger partial charge in [0.2, 0.25) is 0 Å². The van der Waals surface area contributed by atoms with Crippen molar-refractivity contribution in [3.8, 4) is 0 Å². The molecule has 0 aliphatic heterocycles. The zero-order valence-corrected chi connectivity index (χ0v) is 12.8. The van der Waals surface area contributed by atoms with Crippen LogP contribution in [-0.4, -0.2) is 16.5 Å². The molecule has 5 heteroatoms. The van der Waals surface area contributed by atoms with E-state index in [1.54, 1.807) is 35.6 Å². The lowest BCUT2D eigenvalue weighted by Gasteiger charge is -1.99. The van der Waals surface area contributed by atoms with Crippen LogP contribution in [0.2, 0.25) is 5.02 Å². The molecule has 0 radical (unpaired) electrons. The summed E-state index contributed by atoms with van der Waals surface area (Å²) in [4.78, 5) is 16.6. The van der Waals surface area contributed by atoms with Crippen LogP contribution in [0.25, 0.3) is 10.2 Å². The summed E-state index contributed by atoms with van der Waals surface area (Å²) in [5.41, 5.74) is 1.63. The van der Waals surface area contributed by atoms with E-state index in [0.717, 1.165) is 14.6 Å². The Hall–Kier alpha value is -1.36. The third kappa shape index (κ3) is 3.03. The summed E-state index contributed by atoms with van der Waals surface area (Å²) in [6.45, 7) is 0. The van der Waals surface area contributed by atoms with E-state index >= 15 is 0 Å². The van der Waals surface area contributed by atoms with E-state index < -0.39 is 0 Å². The molecule has 0 unspecified atom stereocenters. The number of fused-ring (bicyclic) bond motifs is 1. The maximum absolute atomic E-state index is 12.1. The van der Waals surface area contributed by atoms with Crippen molar-refractivity contribution < 1.29 is 4.79 Å². The fourth-order valence-electron chi connectivity index (χ4n) is 1.79. The number of hydrogen-bond acceptors (Lipinski definition) is 4. The quantitative estimate of drug-likeness (QED) is 0.505. The minimum atomic E-state index is 0.0664. The molecule has 0 atom stereocenters. The van der Waals surface area contributed by atoms with Gasteiger partial charge in [-0.05, 0) is 24.3 Å². The standard InChI is InChI=1S/C15H10ClNOS2/c16-11-5-3-4-10(8-11)13(18)9-19-15-17-12-6-1-2-7-14(12)20-15/h1-8H,9H2. The van der Waals surface area contributed by atoms with E-state index in [1.165, 1.54) is 11.8 Å². The number of thiazole rings is 1. The highest BCUT2D eigenvalue weighted by Crippen LogP contribution is 2.29. The summed E-state index contributed by atoms with van der Waals surface area (Å²) in [5, 5.41) is 0.584. The van der Waals surface area contributed by atoms with Gasteiger partial charge in [0.25, 0.3) is 0 Å². The Morgan fingerprint density at radius 3 is 2.85 bits per heavy atom. The van der Waals surface area contributed by atoms with E-state index in [2.05, 4.69) is 4.98 Å². The van der Waals surface area contributed by atoms with Crippen LogP contribution in [0.4, 0.5) is 0 Å². The Morgan fingerprint density at radius 2 is 2.05 bits per heavy atom. The minimum Gasteiger partial charge on any atom is -0.293 e. The fourth-order valence-corrected chi connectivity index (χ4v) is 3.94. The highest BCUT2D eigenvalue weighted by molar-refractivity contribution is 8.01. The number of rotatable bonds is 4. The van der Waals surface area contributed by atoms with Crippen molar-refractivity contribution in [2.24, 2.45) is 0 Å². The van der Waals surface area contributed by atoms with Crippen molar-refractivity contribution in [2.45, 2.75) is 4.34 Å². The Balaban J connectivity index is 1.71. The van der Waals surface area contributed by atoms with Gasteiger partial charge in [-0.25, -0.2) is 4.98 Å². The summed E-state index contributed by atoms with van der Waals surface area (Å²) in [6.07, 6.45) is 0. The number of hydrogen-bond donors (Lipinski definition) is 0. The smallest absolute Gasteiger partial charge is 0.173 e. The Labute approximate surface area is 129 Å². The third-order valence-corrected chi connectivity index (χ3v) is 5.16. The van der Waals surface area contributed by atoms with Crippen molar-refractivity contribution in [1.29, 1.82) is 0 Å². The van der Waals surface area contributed by atoms with Crippen molar-refractivity contribution in [2.75, 3.05) is 5.75 Å². The molecule has 0 aliphatic carbocycles. The number of Topliss-reactive ketones (excluding diaryl/α,β-unsaturated/α-hetero) is 1. The number of para-hydroxylation sites is 1. The SMILES string of the molecule is O=C(CSc1nc2ccccc2s1)c1cccc(Cl)c1. The number of carbonyl (C=O) groups excluding carboxylic acids is 1. The lowest BCUT2D eigenvalue weighted by molar-refractivity contribution is 0.102. The van der Waals surface area contributed by atoms with Crippen molar-refractivity contribution >= 4 is 50.7 Å². The predicted molar refractivity (Wildman–Crippen MR) is 86.1 cm³/mol. The van der Waals surface area contributed by atoms with Gasteiger partial charge in [-0.2, -0.15) is 0 Å². The van der Waals surface area contributed by atoms with E-state index in [-0.39, 0.29) is 5.78 Å². The van der Waals surface area contributed by atoms with Crippen LogP contribution >= 0.6 is 34.7 Å². The molecule has 3 rings (SSSR count). The summed E-state index contributed by atoms with van der Waals surface area (Å²) >= 11 is 8.97. The van der Waals surface area contributed by atoms with Gasteiger partial charge in [0.1, 0.15) is 0 Å². The monoisotopic (exact) mass is 319 g/mol. The van der Waals surface area contributed by atoms with E-state index in [9.17, 15) is 4.79 Å². The van der Waals surface area contributed by atoms with Gasteiger partial charge >= 0.3 is 0 Å². The van der Waals surface area contributed by atoms with Crippen molar-refractivity contribution in [3.63, 3.8) is 0 Å². The zero-order valence-electron chi connectivity index (χ0n) is 10.4. The number of nitrogens with zero attached hydrogens (tertiary/aromatic N) is 1. The maximum Gasteiger partial charge on any atom is 0.173 e. The van der Waals surface area contributed by atoms with Crippen LogP contribution in [0, 0.1) is 0 Å². The molecule has 3 aromatic rings. The van der Waals surface area contributed by atoms with E-state index in [1.807, 2.05) is 24.3 Å². The van der Waals surface area contributed by atoms with Gasteiger partial charge in [-0.1, -0.05) is 47.6 Å². The fraction of sp³-hybridized carbons (Fsp3) is 0.0667. The number of carbonyl (C=O) groups is 1. The molecule has 1 aromatic heterocycles. The molecular weight excluding hydrogens is 310 g/mol.